The fourth-order valence-electron chi connectivity index (χ4n) is 2.07. The molecule has 2 amide bonds. The monoisotopic (exact) mass is 323 g/mol. The SMILES string of the molecule is Cc1ccc(/C=C/C(=O)Nc2ccccc2NC(=O)CCN)cc1. The van der Waals surface area contributed by atoms with Gasteiger partial charge in [0.05, 0.1) is 11.4 Å². The molecular weight excluding hydrogens is 302 g/mol. The summed E-state index contributed by atoms with van der Waals surface area (Å²) in [5.74, 6) is -0.453. The Kier molecular flexibility index (Phi) is 6.28. The third-order valence-electron chi connectivity index (χ3n) is 3.33. The van der Waals surface area contributed by atoms with Crippen LogP contribution in [-0.2, 0) is 9.59 Å². The van der Waals surface area contributed by atoms with Gasteiger partial charge in [0, 0.05) is 19.0 Å². The van der Waals surface area contributed by atoms with E-state index in [-0.39, 0.29) is 24.8 Å². The average Bonchev–Trinajstić information content (AvgIpc) is 2.56. The highest BCUT2D eigenvalue weighted by molar-refractivity contribution is 6.05. The Morgan fingerprint density at radius 1 is 1.00 bits per heavy atom. The summed E-state index contributed by atoms with van der Waals surface area (Å²) in [5.41, 5.74) is 8.57. The number of nitrogens with one attached hydrogen (secondary N) is 2. The van der Waals surface area contributed by atoms with E-state index >= 15 is 0 Å². The third-order valence-corrected chi connectivity index (χ3v) is 3.33. The fourth-order valence-corrected chi connectivity index (χ4v) is 2.07. The lowest BCUT2D eigenvalue weighted by molar-refractivity contribution is -0.116. The van der Waals surface area contributed by atoms with Crippen molar-refractivity contribution in [2.24, 2.45) is 5.73 Å². The van der Waals surface area contributed by atoms with Crippen molar-refractivity contribution in [2.75, 3.05) is 17.2 Å². The average molecular weight is 323 g/mol. The van der Waals surface area contributed by atoms with Crippen LogP contribution >= 0.6 is 0 Å². The minimum absolute atomic E-state index is 0.186. The predicted molar refractivity (Wildman–Crippen MR) is 97.6 cm³/mol. The van der Waals surface area contributed by atoms with E-state index in [0.29, 0.717) is 11.4 Å². The molecule has 0 atom stereocenters. The molecule has 0 unspecified atom stereocenters. The number of carbonyl (C=O) groups excluding carboxylic acids is 2. The molecule has 0 saturated carbocycles. The topological polar surface area (TPSA) is 84.2 Å². The summed E-state index contributed by atoms with van der Waals surface area (Å²) < 4.78 is 0. The van der Waals surface area contributed by atoms with Crippen molar-refractivity contribution in [3.63, 3.8) is 0 Å². The van der Waals surface area contributed by atoms with Crippen LogP contribution in [0.15, 0.2) is 54.6 Å². The first kappa shape index (κ1) is 17.4. The van der Waals surface area contributed by atoms with Crippen molar-refractivity contribution < 1.29 is 9.59 Å². The minimum Gasteiger partial charge on any atom is -0.330 e. The van der Waals surface area contributed by atoms with E-state index in [1.165, 1.54) is 11.6 Å². The van der Waals surface area contributed by atoms with Gasteiger partial charge >= 0.3 is 0 Å². The quantitative estimate of drug-likeness (QED) is 0.715. The first-order valence-electron chi connectivity index (χ1n) is 7.73. The van der Waals surface area contributed by atoms with E-state index in [4.69, 9.17) is 5.73 Å². The summed E-state index contributed by atoms with van der Waals surface area (Å²) in [7, 11) is 0. The fraction of sp³-hybridized carbons (Fsp3) is 0.158. The molecular formula is C19H21N3O2. The largest absolute Gasteiger partial charge is 0.330 e. The first-order valence-corrected chi connectivity index (χ1v) is 7.73. The summed E-state index contributed by atoms with van der Waals surface area (Å²) in [5, 5.41) is 5.51. The van der Waals surface area contributed by atoms with Crippen LogP contribution in [0.25, 0.3) is 6.08 Å². The molecule has 0 radical (unpaired) electrons. The van der Waals surface area contributed by atoms with Crippen LogP contribution in [-0.4, -0.2) is 18.4 Å². The van der Waals surface area contributed by atoms with Crippen LogP contribution in [0, 0.1) is 6.92 Å². The minimum atomic E-state index is -0.268. The van der Waals surface area contributed by atoms with Crippen molar-refractivity contribution in [2.45, 2.75) is 13.3 Å². The summed E-state index contributed by atoms with van der Waals surface area (Å²) >= 11 is 0. The van der Waals surface area contributed by atoms with E-state index in [1.807, 2.05) is 31.2 Å². The summed E-state index contributed by atoms with van der Waals surface area (Å²) in [6.07, 6.45) is 3.43. The number of hydrogen-bond donors (Lipinski definition) is 3. The van der Waals surface area contributed by atoms with Crippen LogP contribution in [0.3, 0.4) is 0 Å². The molecule has 2 aromatic carbocycles. The van der Waals surface area contributed by atoms with Crippen molar-refractivity contribution >= 4 is 29.3 Å². The Labute approximate surface area is 141 Å². The second-order valence-corrected chi connectivity index (χ2v) is 5.37. The van der Waals surface area contributed by atoms with E-state index in [9.17, 15) is 9.59 Å². The maximum atomic E-state index is 12.1. The van der Waals surface area contributed by atoms with Gasteiger partial charge in [-0.3, -0.25) is 9.59 Å². The Morgan fingerprint density at radius 2 is 1.62 bits per heavy atom. The molecule has 0 saturated heterocycles. The lowest BCUT2D eigenvalue weighted by atomic mass is 10.1. The van der Waals surface area contributed by atoms with E-state index in [2.05, 4.69) is 10.6 Å². The molecule has 0 spiro atoms. The third kappa shape index (κ3) is 5.37. The van der Waals surface area contributed by atoms with Crippen LogP contribution in [0.4, 0.5) is 11.4 Å². The number of carbonyl (C=O) groups is 2. The van der Waals surface area contributed by atoms with Gasteiger partial charge in [0.25, 0.3) is 0 Å². The molecule has 2 rings (SSSR count). The van der Waals surface area contributed by atoms with Crippen molar-refractivity contribution in [1.82, 2.24) is 0 Å². The van der Waals surface area contributed by atoms with Gasteiger partial charge in [0.15, 0.2) is 0 Å². The molecule has 2 aromatic rings. The zero-order chi connectivity index (χ0) is 17.4. The van der Waals surface area contributed by atoms with Gasteiger partial charge in [0.2, 0.25) is 11.8 Å². The molecule has 4 N–H and O–H groups in total. The smallest absolute Gasteiger partial charge is 0.248 e. The van der Waals surface area contributed by atoms with Gasteiger partial charge in [-0.1, -0.05) is 42.0 Å². The molecule has 0 fully saturated rings. The Morgan fingerprint density at radius 3 is 2.25 bits per heavy atom. The molecule has 0 aliphatic carbocycles. The Balaban J connectivity index is 2.03. The highest BCUT2D eigenvalue weighted by atomic mass is 16.2. The van der Waals surface area contributed by atoms with Crippen LogP contribution < -0.4 is 16.4 Å². The van der Waals surface area contributed by atoms with Gasteiger partial charge in [-0.15, -0.1) is 0 Å². The molecule has 24 heavy (non-hydrogen) atoms. The van der Waals surface area contributed by atoms with E-state index in [0.717, 1.165) is 5.56 Å². The van der Waals surface area contributed by atoms with Gasteiger partial charge in [0.1, 0.15) is 0 Å². The lowest BCUT2D eigenvalue weighted by Gasteiger charge is -2.11. The molecule has 0 aliphatic rings. The number of anilines is 2. The second-order valence-electron chi connectivity index (χ2n) is 5.37. The van der Waals surface area contributed by atoms with E-state index in [1.54, 1.807) is 30.3 Å². The first-order chi connectivity index (χ1) is 11.6. The van der Waals surface area contributed by atoms with Gasteiger partial charge in [-0.05, 0) is 30.7 Å². The zero-order valence-electron chi connectivity index (χ0n) is 13.6. The molecule has 0 bridgehead atoms. The van der Waals surface area contributed by atoms with Crippen molar-refractivity contribution in [3.05, 3.63) is 65.7 Å². The second kappa shape index (κ2) is 8.64. The van der Waals surface area contributed by atoms with Gasteiger partial charge in [-0.25, -0.2) is 0 Å². The Hall–Kier alpha value is -2.92. The molecule has 0 heterocycles. The molecule has 0 aromatic heterocycles. The highest BCUT2D eigenvalue weighted by Crippen LogP contribution is 2.21. The van der Waals surface area contributed by atoms with E-state index < -0.39 is 0 Å². The van der Waals surface area contributed by atoms with Crippen molar-refractivity contribution in [1.29, 1.82) is 0 Å². The predicted octanol–water partition coefficient (Wildman–Crippen LogP) is 2.93. The molecule has 124 valence electrons. The van der Waals surface area contributed by atoms with Crippen LogP contribution in [0.1, 0.15) is 17.5 Å². The number of para-hydroxylation sites is 2. The lowest BCUT2D eigenvalue weighted by Crippen LogP contribution is -2.18. The number of nitrogens with two attached hydrogens (primary N) is 1. The van der Waals surface area contributed by atoms with Crippen LogP contribution in [0.2, 0.25) is 0 Å². The highest BCUT2D eigenvalue weighted by Gasteiger charge is 2.07. The number of hydrogen-bond acceptors (Lipinski definition) is 3. The maximum absolute atomic E-state index is 12.1. The number of aryl methyl sites for hydroxylation is 1. The molecule has 5 nitrogen and oxygen atoms in total. The zero-order valence-corrected chi connectivity index (χ0v) is 13.6. The molecule has 0 aliphatic heterocycles. The summed E-state index contributed by atoms with van der Waals surface area (Å²) in [6.45, 7) is 2.29. The standard InChI is InChI=1S/C19H21N3O2/c1-14-6-8-15(9-7-14)10-11-18(23)21-16-4-2-3-5-17(16)22-19(24)12-13-20/h2-11H,12-13,20H2,1H3,(H,21,23)(H,22,24)/b11-10+. The van der Waals surface area contributed by atoms with Crippen LogP contribution in [0.5, 0.6) is 0 Å². The van der Waals surface area contributed by atoms with Gasteiger partial charge < -0.3 is 16.4 Å². The number of rotatable bonds is 6. The van der Waals surface area contributed by atoms with Gasteiger partial charge in [-0.2, -0.15) is 0 Å². The normalized spacial score (nSPS) is 10.6. The summed E-state index contributed by atoms with van der Waals surface area (Å²) in [6, 6.07) is 14.9. The number of amides is 2. The van der Waals surface area contributed by atoms with Crippen molar-refractivity contribution in [3.8, 4) is 0 Å². The maximum Gasteiger partial charge on any atom is 0.248 e. The summed E-state index contributed by atoms with van der Waals surface area (Å²) in [4.78, 5) is 23.8. The molecule has 5 heteroatoms. The Bertz CT molecular complexity index is 737. The number of benzene rings is 2.